The lowest BCUT2D eigenvalue weighted by atomic mass is 10.1. The Balaban J connectivity index is 0.0000000940. The first-order chi connectivity index (χ1) is 41.7. The first-order valence-corrected chi connectivity index (χ1v) is 27.1. The van der Waals surface area contributed by atoms with Crippen molar-refractivity contribution >= 4 is 130 Å². The van der Waals surface area contributed by atoms with Crippen molar-refractivity contribution < 1.29 is 0 Å². The third-order valence-electron chi connectivity index (χ3n) is 14.4. The van der Waals surface area contributed by atoms with Gasteiger partial charge in [-0.15, -0.1) is 0 Å². The number of pyridine rings is 12. The summed E-state index contributed by atoms with van der Waals surface area (Å²) in [5, 5.41) is 23.7. The van der Waals surface area contributed by atoms with Crippen molar-refractivity contribution in [2.75, 3.05) is 0 Å². The summed E-state index contributed by atoms with van der Waals surface area (Å²) in [6.07, 6.45) is 36.8. The van der Waals surface area contributed by atoms with Crippen molar-refractivity contribution in [2.45, 2.75) is 0 Å². The summed E-state index contributed by atoms with van der Waals surface area (Å²) in [4.78, 5) is 50.2. The van der Waals surface area contributed by atoms with E-state index in [1.165, 1.54) is 75.4 Å². The highest BCUT2D eigenvalue weighted by molar-refractivity contribution is 6.10. The SMILES string of the molecule is c1cc2c(ccc3ccncc32)cn1.c1cc2c(ccc3cnccc32)cn1.c1ccc2c(c1)cnc1cnccc12.c1ccc2c(c1)ncc1cnccc12.c1cnc2c(c1)ccc1cnccc12.c1cnc2ccc3cnccc3c2c1. The Hall–Kier alpha value is -11.8. The van der Waals surface area contributed by atoms with Crippen LogP contribution in [0.3, 0.4) is 0 Å². The van der Waals surface area contributed by atoms with Crippen LogP contribution in [0.25, 0.3) is 130 Å². The summed E-state index contributed by atoms with van der Waals surface area (Å²) in [5.74, 6) is 0. The molecule has 396 valence electrons. The lowest BCUT2D eigenvalue weighted by Crippen LogP contribution is -1.82. The van der Waals surface area contributed by atoms with Crippen LogP contribution in [0.1, 0.15) is 0 Å². The van der Waals surface area contributed by atoms with E-state index in [4.69, 9.17) is 0 Å². The lowest BCUT2D eigenvalue weighted by Gasteiger charge is -2.01. The van der Waals surface area contributed by atoms with Crippen molar-refractivity contribution in [1.29, 1.82) is 0 Å². The zero-order chi connectivity index (χ0) is 56.3. The number of para-hydroxylation sites is 1. The molecule has 0 aliphatic carbocycles. The Morgan fingerprint density at radius 1 is 0.155 bits per heavy atom. The van der Waals surface area contributed by atoms with Crippen LogP contribution in [0.4, 0.5) is 0 Å². The second kappa shape index (κ2) is 24.3. The predicted octanol–water partition coefficient (Wildman–Crippen LogP) is 16.7. The highest BCUT2D eigenvalue weighted by Crippen LogP contribution is 2.28. The van der Waals surface area contributed by atoms with Gasteiger partial charge < -0.3 is 0 Å². The van der Waals surface area contributed by atoms with Gasteiger partial charge in [-0.3, -0.25) is 59.8 Å². The Kier molecular flexibility index (Phi) is 15.0. The van der Waals surface area contributed by atoms with Gasteiger partial charge in [0.2, 0.25) is 0 Å². The van der Waals surface area contributed by atoms with Gasteiger partial charge in [0.1, 0.15) is 0 Å². The topological polar surface area (TPSA) is 155 Å². The molecule has 0 spiro atoms. The zero-order valence-corrected chi connectivity index (χ0v) is 45.1. The molecule has 12 heteroatoms. The number of fused-ring (bicyclic) bond motifs is 18. The van der Waals surface area contributed by atoms with Gasteiger partial charge in [0, 0.05) is 188 Å². The number of aromatic nitrogens is 12. The van der Waals surface area contributed by atoms with Crippen LogP contribution >= 0.6 is 0 Å². The molecule has 0 fully saturated rings. The summed E-state index contributed by atoms with van der Waals surface area (Å²) in [6.45, 7) is 0. The Labute approximate surface area is 481 Å². The van der Waals surface area contributed by atoms with Crippen LogP contribution in [0.15, 0.2) is 294 Å². The van der Waals surface area contributed by atoms with Gasteiger partial charge in [-0.25, -0.2) is 0 Å². The maximum absolute atomic E-state index is 4.38. The lowest BCUT2D eigenvalue weighted by molar-refractivity contribution is 1.32. The van der Waals surface area contributed by atoms with E-state index in [0.717, 1.165) is 54.4 Å². The molecule has 0 bridgehead atoms. The second-order valence-corrected chi connectivity index (χ2v) is 19.5. The Morgan fingerprint density at radius 3 is 1.18 bits per heavy atom. The third kappa shape index (κ3) is 11.1. The van der Waals surface area contributed by atoms with E-state index < -0.39 is 0 Å². The van der Waals surface area contributed by atoms with Crippen molar-refractivity contribution in [2.24, 2.45) is 0 Å². The molecule has 12 aromatic heterocycles. The van der Waals surface area contributed by atoms with E-state index in [9.17, 15) is 0 Å². The average Bonchev–Trinajstić information content (AvgIpc) is 3.76. The van der Waals surface area contributed by atoms with E-state index in [0.29, 0.717) is 0 Å². The standard InChI is InChI=1S/6C12H8N2/c1-2-10-8-14-6-4-12(10)11-3-5-13-7-9(1)11;1-2-10-7-13-6-4-11(10)12-8-14-5-3-9(1)12;1-2-11-10-5-7-13-8-9(10)3-4-12(11)14-6-1;1-2-9-3-4-10-8-13-7-5-11(10)12(9)14-6-1;1-2-4-12-11(3-1)10-5-6-13-7-9(10)8-14-12;1-2-4-10-9(3-1)7-14-12-8-13-6-5-11(10)12/h6*1-8H. The van der Waals surface area contributed by atoms with Crippen LogP contribution in [0.2, 0.25) is 0 Å². The van der Waals surface area contributed by atoms with Gasteiger partial charge in [0.15, 0.2) is 0 Å². The van der Waals surface area contributed by atoms with Crippen LogP contribution in [-0.2, 0) is 0 Å². The molecule has 0 unspecified atom stereocenters. The Bertz CT molecular complexity index is 4140. The molecule has 12 heterocycles. The normalized spacial score (nSPS) is 10.9. The second-order valence-electron chi connectivity index (χ2n) is 19.5. The summed E-state index contributed by atoms with van der Waals surface area (Å²) >= 11 is 0. The Morgan fingerprint density at radius 2 is 0.512 bits per heavy atom. The fourth-order valence-electron chi connectivity index (χ4n) is 10.4. The quantitative estimate of drug-likeness (QED) is 0.133. The number of benzene rings is 6. The van der Waals surface area contributed by atoms with Crippen molar-refractivity contribution in [3.8, 4) is 0 Å². The van der Waals surface area contributed by atoms with Gasteiger partial charge in [0.25, 0.3) is 0 Å². The molecule has 0 radical (unpaired) electrons. The molecule has 0 aliphatic heterocycles. The first-order valence-electron chi connectivity index (χ1n) is 27.1. The molecule has 18 aromatic rings. The largest absolute Gasteiger partial charge is 0.264 e. The fourth-order valence-corrected chi connectivity index (χ4v) is 10.4. The molecule has 12 nitrogen and oxygen atoms in total. The van der Waals surface area contributed by atoms with E-state index in [1.54, 1.807) is 18.6 Å². The minimum Gasteiger partial charge on any atom is -0.264 e. The monoisotopic (exact) mass is 1080 g/mol. The predicted molar refractivity (Wildman–Crippen MR) is 342 cm³/mol. The van der Waals surface area contributed by atoms with Gasteiger partial charge in [-0.2, -0.15) is 0 Å². The molecule has 18 rings (SSSR count). The number of hydrogen-bond donors (Lipinski definition) is 0. The zero-order valence-electron chi connectivity index (χ0n) is 45.1. The summed E-state index contributed by atoms with van der Waals surface area (Å²) in [6, 6.07) is 57.2. The summed E-state index contributed by atoms with van der Waals surface area (Å²) in [5.41, 5.74) is 4.07. The van der Waals surface area contributed by atoms with Crippen LogP contribution in [0, 0.1) is 0 Å². The highest BCUT2D eigenvalue weighted by atomic mass is 14.7. The van der Waals surface area contributed by atoms with Gasteiger partial charge in [-0.1, -0.05) is 97.1 Å². The molecule has 6 aromatic carbocycles. The molecule has 84 heavy (non-hydrogen) atoms. The smallest absolute Gasteiger partial charge is 0.0891 e. The highest BCUT2D eigenvalue weighted by Gasteiger charge is 2.04. The third-order valence-corrected chi connectivity index (χ3v) is 14.4. The molecule has 0 saturated carbocycles. The summed E-state index contributed by atoms with van der Waals surface area (Å²) in [7, 11) is 0. The van der Waals surface area contributed by atoms with Crippen LogP contribution in [-0.4, -0.2) is 59.8 Å². The van der Waals surface area contributed by atoms with E-state index >= 15 is 0 Å². The molecule has 0 saturated heterocycles. The van der Waals surface area contributed by atoms with Crippen LogP contribution in [0.5, 0.6) is 0 Å². The average molecular weight is 1080 g/mol. The van der Waals surface area contributed by atoms with Gasteiger partial charge in [0.05, 0.1) is 28.3 Å². The van der Waals surface area contributed by atoms with Gasteiger partial charge >= 0.3 is 0 Å². The fraction of sp³-hybridized carbons (Fsp3) is 0. The van der Waals surface area contributed by atoms with Crippen molar-refractivity contribution in [3.05, 3.63) is 294 Å². The van der Waals surface area contributed by atoms with Crippen LogP contribution < -0.4 is 0 Å². The molecular formula is C72H48N12. The van der Waals surface area contributed by atoms with E-state index in [-0.39, 0.29) is 0 Å². The molecule has 0 amide bonds. The molecule has 0 N–H and O–H groups in total. The number of nitrogens with zero attached hydrogens (tertiary/aromatic N) is 12. The maximum atomic E-state index is 4.38. The maximum Gasteiger partial charge on any atom is 0.0891 e. The molecule has 0 aliphatic rings. The minimum atomic E-state index is 0.950. The molecular weight excluding hydrogens is 1030 g/mol. The first kappa shape index (κ1) is 51.7. The van der Waals surface area contributed by atoms with E-state index in [1.807, 2.05) is 202 Å². The van der Waals surface area contributed by atoms with E-state index in [2.05, 4.69) is 133 Å². The number of rotatable bonds is 0. The summed E-state index contributed by atoms with van der Waals surface area (Å²) < 4.78 is 0. The number of hydrogen-bond acceptors (Lipinski definition) is 12. The van der Waals surface area contributed by atoms with Crippen molar-refractivity contribution in [3.63, 3.8) is 0 Å². The van der Waals surface area contributed by atoms with Gasteiger partial charge in [-0.05, 0) is 110 Å². The molecule has 0 atom stereocenters. The van der Waals surface area contributed by atoms with Crippen molar-refractivity contribution in [1.82, 2.24) is 59.8 Å². The minimum absolute atomic E-state index is 0.950.